The van der Waals surface area contributed by atoms with Crippen molar-refractivity contribution in [1.29, 1.82) is 0 Å². The topological polar surface area (TPSA) is 40.5 Å². The van der Waals surface area contributed by atoms with E-state index >= 15 is 0 Å². The fourth-order valence-electron chi connectivity index (χ4n) is 3.34. The van der Waals surface area contributed by atoms with Crippen molar-refractivity contribution < 1.29 is 23.1 Å². The average molecular weight is 309 g/mol. The van der Waals surface area contributed by atoms with E-state index in [9.17, 15) is 18.0 Å². The lowest BCUT2D eigenvalue weighted by Crippen LogP contribution is -2.49. The molecule has 1 saturated carbocycles. The van der Waals surface area contributed by atoms with Crippen molar-refractivity contribution in [2.45, 2.75) is 64.6 Å². The van der Waals surface area contributed by atoms with E-state index < -0.39 is 23.9 Å². The summed E-state index contributed by atoms with van der Waals surface area (Å²) in [4.78, 5) is 14.1. The Morgan fingerprint density at radius 1 is 1.24 bits per heavy atom. The number of aliphatic hydroxyl groups excluding tert-OH is 1. The summed E-state index contributed by atoms with van der Waals surface area (Å²) in [6, 6.07) is -0.0968. The van der Waals surface area contributed by atoms with Crippen molar-refractivity contribution in [3.8, 4) is 0 Å². The number of hydrogen-bond donors (Lipinski definition) is 1. The maximum atomic E-state index is 13.1. The number of alkyl halides is 3. The van der Waals surface area contributed by atoms with Crippen LogP contribution in [0.15, 0.2) is 0 Å². The third-order valence-electron chi connectivity index (χ3n) is 4.51. The average Bonchev–Trinajstić information content (AvgIpc) is 2.46. The van der Waals surface area contributed by atoms with Crippen LogP contribution in [0.5, 0.6) is 0 Å². The van der Waals surface area contributed by atoms with Gasteiger partial charge in [0.15, 0.2) is 0 Å². The third kappa shape index (κ3) is 4.59. The van der Waals surface area contributed by atoms with Gasteiger partial charge in [0, 0.05) is 18.5 Å². The zero-order valence-corrected chi connectivity index (χ0v) is 12.8. The van der Waals surface area contributed by atoms with Gasteiger partial charge in [0.2, 0.25) is 5.91 Å². The summed E-state index contributed by atoms with van der Waals surface area (Å²) < 4.78 is 39.4. The quantitative estimate of drug-likeness (QED) is 0.817. The van der Waals surface area contributed by atoms with Crippen molar-refractivity contribution in [3.63, 3.8) is 0 Å². The molecule has 2 unspecified atom stereocenters. The van der Waals surface area contributed by atoms with Gasteiger partial charge in [-0.1, -0.05) is 26.7 Å². The predicted octanol–water partition coefficient (Wildman–Crippen LogP) is 3.36. The number of halogens is 3. The van der Waals surface area contributed by atoms with E-state index in [0.29, 0.717) is 32.1 Å². The minimum absolute atomic E-state index is 0.0375. The fraction of sp³-hybridized carbons (Fsp3) is 0.933. The number of aliphatic hydroxyl groups is 1. The molecule has 1 aliphatic rings. The van der Waals surface area contributed by atoms with E-state index in [1.54, 1.807) is 0 Å². The molecule has 1 rings (SSSR count). The third-order valence-corrected chi connectivity index (χ3v) is 4.51. The molecular formula is C15H26F3NO2. The molecule has 1 aliphatic carbocycles. The van der Waals surface area contributed by atoms with Crippen LogP contribution in [-0.2, 0) is 4.79 Å². The molecule has 1 amide bonds. The van der Waals surface area contributed by atoms with Crippen molar-refractivity contribution in [3.05, 3.63) is 0 Å². The van der Waals surface area contributed by atoms with Crippen LogP contribution >= 0.6 is 0 Å². The smallest absolute Gasteiger partial charge is 0.392 e. The van der Waals surface area contributed by atoms with E-state index in [1.807, 2.05) is 13.8 Å². The lowest BCUT2D eigenvalue weighted by molar-refractivity contribution is -0.201. The molecule has 6 heteroatoms. The first-order chi connectivity index (χ1) is 9.86. The Bertz CT molecular complexity index is 329. The SMILES string of the molecule is CCC(CC)N(CCO)C(=O)C1CCCCC1C(F)(F)F. The standard InChI is InChI=1S/C15H26F3NO2/c1-3-11(4-2)19(9-10-20)14(21)12-7-5-6-8-13(12)15(16,17)18/h11-13,20H,3-10H2,1-2H3. The molecule has 0 spiro atoms. The Labute approximate surface area is 124 Å². The van der Waals surface area contributed by atoms with Gasteiger partial charge in [0.05, 0.1) is 12.5 Å². The van der Waals surface area contributed by atoms with Crippen LogP contribution < -0.4 is 0 Å². The number of carbonyl (C=O) groups is 1. The second-order valence-electron chi connectivity index (χ2n) is 5.76. The molecule has 124 valence electrons. The summed E-state index contributed by atoms with van der Waals surface area (Å²) in [5.41, 5.74) is 0. The van der Waals surface area contributed by atoms with Crippen molar-refractivity contribution in [1.82, 2.24) is 4.90 Å². The van der Waals surface area contributed by atoms with E-state index in [4.69, 9.17) is 5.11 Å². The maximum absolute atomic E-state index is 13.1. The number of rotatable bonds is 6. The lowest BCUT2D eigenvalue weighted by Gasteiger charge is -2.38. The molecule has 3 nitrogen and oxygen atoms in total. The zero-order valence-electron chi connectivity index (χ0n) is 12.8. The molecule has 0 bridgehead atoms. The highest BCUT2D eigenvalue weighted by molar-refractivity contribution is 5.79. The first-order valence-electron chi connectivity index (χ1n) is 7.84. The fourth-order valence-corrected chi connectivity index (χ4v) is 3.34. The van der Waals surface area contributed by atoms with Crippen LogP contribution in [0.4, 0.5) is 13.2 Å². The second-order valence-corrected chi connectivity index (χ2v) is 5.76. The number of carbonyl (C=O) groups excluding carboxylic acids is 1. The Morgan fingerprint density at radius 3 is 2.29 bits per heavy atom. The summed E-state index contributed by atoms with van der Waals surface area (Å²) >= 11 is 0. The molecule has 0 radical (unpaired) electrons. The van der Waals surface area contributed by atoms with Gasteiger partial charge in [-0.15, -0.1) is 0 Å². The zero-order chi connectivity index (χ0) is 16.0. The largest absolute Gasteiger partial charge is 0.395 e. The van der Waals surface area contributed by atoms with Crippen LogP contribution in [0, 0.1) is 11.8 Å². The van der Waals surface area contributed by atoms with Crippen molar-refractivity contribution >= 4 is 5.91 Å². The summed E-state index contributed by atoms with van der Waals surface area (Å²) in [6.45, 7) is 3.72. The normalized spacial score (nSPS) is 23.4. The van der Waals surface area contributed by atoms with Crippen LogP contribution in [0.1, 0.15) is 52.4 Å². The van der Waals surface area contributed by atoms with E-state index in [-0.39, 0.29) is 25.6 Å². The first kappa shape index (κ1) is 18.3. The molecule has 21 heavy (non-hydrogen) atoms. The first-order valence-corrected chi connectivity index (χ1v) is 7.84. The highest BCUT2D eigenvalue weighted by Gasteiger charge is 2.49. The maximum Gasteiger partial charge on any atom is 0.392 e. The Balaban J connectivity index is 2.94. The Morgan fingerprint density at radius 2 is 1.81 bits per heavy atom. The second kappa shape index (κ2) is 8.01. The van der Waals surface area contributed by atoms with Gasteiger partial charge < -0.3 is 10.0 Å². The van der Waals surface area contributed by atoms with E-state index in [0.717, 1.165) is 0 Å². The number of hydrogen-bond acceptors (Lipinski definition) is 2. The van der Waals surface area contributed by atoms with Crippen LogP contribution in [0.2, 0.25) is 0 Å². The van der Waals surface area contributed by atoms with Crippen LogP contribution in [0.3, 0.4) is 0 Å². The molecule has 1 fully saturated rings. The van der Waals surface area contributed by atoms with Gasteiger partial charge in [-0.25, -0.2) is 0 Å². The van der Waals surface area contributed by atoms with Gasteiger partial charge in [0.1, 0.15) is 0 Å². The van der Waals surface area contributed by atoms with Crippen LogP contribution in [0.25, 0.3) is 0 Å². The number of nitrogens with zero attached hydrogens (tertiary/aromatic N) is 1. The van der Waals surface area contributed by atoms with Gasteiger partial charge in [-0.2, -0.15) is 13.2 Å². The minimum atomic E-state index is -4.32. The predicted molar refractivity (Wildman–Crippen MR) is 74.7 cm³/mol. The van der Waals surface area contributed by atoms with Gasteiger partial charge in [-0.3, -0.25) is 4.79 Å². The highest BCUT2D eigenvalue weighted by Crippen LogP contribution is 2.42. The van der Waals surface area contributed by atoms with E-state index in [2.05, 4.69) is 0 Å². The van der Waals surface area contributed by atoms with Crippen LogP contribution in [-0.4, -0.2) is 41.3 Å². The van der Waals surface area contributed by atoms with Crippen molar-refractivity contribution in [2.75, 3.05) is 13.2 Å². The van der Waals surface area contributed by atoms with Crippen molar-refractivity contribution in [2.24, 2.45) is 11.8 Å². The summed E-state index contributed by atoms with van der Waals surface area (Å²) in [6.07, 6.45) is -1.42. The lowest BCUT2D eigenvalue weighted by atomic mass is 9.77. The molecule has 0 saturated heterocycles. The molecular weight excluding hydrogens is 283 g/mol. The number of amides is 1. The van der Waals surface area contributed by atoms with E-state index in [1.165, 1.54) is 4.90 Å². The Kier molecular flexibility index (Phi) is 6.97. The molecule has 0 aromatic heterocycles. The van der Waals surface area contributed by atoms with Gasteiger partial charge in [-0.05, 0) is 25.7 Å². The van der Waals surface area contributed by atoms with Gasteiger partial charge >= 0.3 is 6.18 Å². The molecule has 2 atom stereocenters. The molecule has 0 aliphatic heterocycles. The summed E-state index contributed by atoms with van der Waals surface area (Å²) in [5.74, 6) is -2.94. The van der Waals surface area contributed by atoms with Gasteiger partial charge in [0.25, 0.3) is 0 Å². The highest BCUT2D eigenvalue weighted by atomic mass is 19.4. The minimum Gasteiger partial charge on any atom is -0.395 e. The Hall–Kier alpha value is -0.780. The summed E-state index contributed by atoms with van der Waals surface area (Å²) in [7, 11) is 0. The molecule has 0 aromatic carbocycles. The molecule has 1 N–H and O–H groups in total. The molecule has 0 heterocycles. The summed E-state index contributed by atoms with van der Waals surface area (Å²) in [5, 5.41) is 9.13. The monoisotopic (exact) mass is 309 g/mol. The molecule has 0 aromatic rings.